The molecule has 4 fully saturated rings. The number of nitrogens with zero attached hydrogens (tertiary/aromatic N) is 5. The number of primary amides is 1. The lowest BCUT2D eigenvalue weighted by Gasteiger charge is -2.44. The molecule has 1 aromatic heterocycles. The van der Waals surface area contributed by atoms with Crippen molar-refractivity contribution >= 4 is 52.1 Å². The number of amides is 5. The fourth-order valence-corrected chi connectivity index (χ4v) is 12.5. The minimum absolute atomic E-state index is 0.00344. The maximum Gasteiger partial charge on any atom is 0.329 e. The van der Waals surface area contributed by atoms with E-state index in [0.29, 0.717) is 70.3 Å². The highest BCUT2D eigenvalue weighted by Gasteiger charge is 2.51. The van der Waals surface area contributed by atoms with Gasteiger partial charge in [-0.1, -0.05) is 48.9 Å². The number of aromatic nitrogens is 2. The van der Waals surface area contributed by atoms with E-state index in [1.165, 1.54) is 34.8 Å². The first-order valence-corrected chi connectivity index (χ1v) is 25.9. The van der Waals surface area contributed by atoms with Gasteiger partial charge in [0.25, 0.3) is 5.91 Å². The lowest BCUT2D eigenvalue weighted by Crippen LogP contribution is -2.57. The number of halogens is 5. The lowest BCUT2D eigenvalue weighted by atomic mass is 9.76. The number of aliphatic hydroxyl groups excluding tert-OH is 1. The molecule has 16 nitrogen and oxygen atoms in total. The summed E-state index contributed by atoms with van der Waals surface area (Å²) in [6.45, 7) is 3.52. The molecule has 0 bridgehead atoms. The van der Waals surface area contributed by atoms with Gasteiger partial charge >= 0.3 is 6.03 Å². The van der Waals surface area contributed by atoms with Crippen molar-refractivity contribution in [2.24, 2.45) is 12.8 Å². The van der Waals surface area contributed by atoms with Crippen LogP contribution in [0, 0.1) is 23.3 Å². The molecule has 0 spiro atoms. The first-order chi connectivity index (χ1) is 35.9. The van der Waals surface area contributed by atoms with Gasteiger partial charge in [-0.05, 0) is 94.1 Å². The number of ether oxygens (including phenoxy) is 2. The van der Waals surface area contributed by atoms with Crippen LogP contribution in [0.15, 0.2) is 54.6 Å². The van der Waals surface area contributed by atoms with Gasteiger partial charge in [-0.15, -0.1) is 0 Å². The fraction of sp³-hybridized carbons (Fsp3) is 0.463. The number of urea groups is 1. The number of hydrogen-bond acceptors (Lipinski definition) is 11. The Bertz CT molecular complexity index is 3070. The second-order valence-electron chi connectivity index (χ2n) is 20.5. The van der Waals surface area contributed by atoms with Gasteiger partial charge in [-0.3, -0.25) is 29.3 Å². The first-order valence-electron chi connectivity index (χ1n) is 25.5. The molecule has 10 rings (SSSR count). The molecule has 4 aromatic carbocycles. The van der Waals surface area contributed by atoms with Crippen molar-refractivity contribution in [1.29, 1.82) is 0 Å². The maximum atomic E-state index is 16.5. The molecular formula is C54H59ClF4N8O8. The molecule has 5 heterocycles. The predicted octanol–water partition coefficient (Wildman–Crippen LogP) is 6.89. The monoisotopic (exact) mass is 1060 g/mol. The van der Waals surface area contributed by atoms with Gasteiger partial charge in [0.2, 0.25) is 11.8 Å². The van der Waals surface area contributed by atoms with Gasteiger partial charge in [0.05, 0.1) is 22.6 Å². The number of carbonyl (C=O) groups excluding carboxylic acids is 4. The third-order valence-corrected chi connectivity index (χ3v) is 16.7. The summed E-state index contributed by atoms with van der Waals surface area (Å²) in [6.07, 6.45) is 3.74. The second-order valence-corrected chi connectivity index (χ2v) is 20.9. The number of rotatable bonds is 13. The Morgan fingerprint density at radius 1 is 0.920 bits per heavy atom. The van der Waals surface area contributed by atoms with Crippen LogP contribution < -0.4 is 30.7 Å². The number of anilines is 1. The van der Waals surface area contributed by atoms with E-state index in [4.69, 9.17) is 26.8 Å². The molecule has 1 saturated carbocycles. The molecule has 398 valence electrons. The van der Waals surface area contributed by atoms with E-state index in [1.54, 1.807) is 4.90 Å². The zero-order valence-corrected chi connectivity index (χ0v) is 42.3. The number of aryl methyl sites for hydroxylation is 1. The van der Waals surface area contributed by atoms with Crippen LogP contribution in [0.4, 0.5) is 28.2 Å². The molecule has 75 heavy (non-hydrogen) atoms. The Morgan fingerprint density at radius 2 is 1.63 bits per heavy atom. The number of likely N-dealkylation sites (tertiary alicyclic amines) is 2. The van der Waals surface area contributed by atoms with Gasteiger partial charge in [-0.25, -0.2) is 22.4 Å². The van der Waals surface area contributed by atoms with E-state index in [9.17, 15) is 29.4 Å². The highest BCUT2D eigenvalue weighted by Crippen LogP contribution is 2.57. The number of nitrogens with two attached hydrogens (primary N) is 1. The Hall–Kier alpha value is -6.32. The van der Waals surface area contributed by atoms with Crippen LogP contribution in [0.25, 0.3) is 22.0 Å². The molecule has 1 aliphatic carbocycles. The first kappa shape index (κ1) is 52.1. The summed E-state index contributed by atoms with van der Waals surface area (Å²) in [5.74, 6) is -6.21. The van der Waals surface area contributed by atoms with Gasteiger partial charge in [0, 0.05) is 86.0 Å². The van der Waals surface area contributed by atoms with E-state index in [2.05, 4.69) is 20.6 Å². The van der Waals surface area contributed by atoms with Crippen LogP contribution in [0.1, 0.15) is 104 Å². The third-order valence-electron chi connectivity index (χ3n) is 16.3. The Kier molecular flexibility index (Phi) is 14.4. The van der Waals surface area contributed by atoms with E-state index >= 15 is 17.6 Å². The van der Waals surface area contributed by atoms with Crippen molar-refractivity contribution in [3.8, 4) is 22.6 Å². The molecule has 6 N–H and O–H groups in total. The van der Waals surface area contributed by atoms with Crippen molar-refractivity contribution in [2.75, 3.05) is 57.4 Å². The second kappa shape index (κ2) is 20.7. The molecular weight excluding hydrogens is 1000 g/mol. The molecule has 21 heteroatoms. The Balaban J connectivity index is 0.770. The molecule has 5 aliphatic rings. The summed E-state index contributed by atoms with van der Waals surface area (Å²) in [4.78, 5) is 56.5. The molecule has 0 radical (unpaired) electrons. The summed E-state index contributed by atoms with van der Waals surface area (Å²) in [5, 5.41) is 31.2. The maximum absolute atomic E-state index is 16.5. The summed E-state index contributed by atoms with van der Waals surface area (Å²) in [5.41, 5.74) is 3.39. The minimum Gasteiger partial charge on any atom is -0.488 e. The van der Waals surface area contributed by atoms with Crippen molar-refractivity contribution in [3.05, 3.63) is 105 Å². The van der Waals surface area contributed by atoms with Crippen LogP contribution >= 0.6 is 11.6 Å². The number of nitrogens with one attached hydrogen (secondary N) is 2. The number of carbonyl (C=O) groups is 4. The van der Waals surface area contributed by atoms with Crippen LogP contribution in [0.3, 0.4) is 0 Å². The zero-order valence-electron chi connectivity index (χ0n) is 41.6. The average molecular weight is 1060 g/mol. The standard InChI is InChI=1S/C54H59ClF4N8O8/c1-29-41-39(27-37(57)45(55)44(41)43-34(49(60)70)8-9-38(46(43)58)74-25-24-68)75-54(29,31-6-4-3-5-7-31)28-61-32-10-17-53(73,18-11-32)51(71)66-21-14-33(15-22-66)65-19-12-30(13-20-65)42-36(56)26-35-48(47(42)59)64(2)63-50(35)67-23-16-40(69)62-52(67)72/h3-9,26-27,29-30,32-33,61,68,73H,10-25,28H2,1-2H3,(H2,60,70)(H,62,69,72). The van der Waals surface area contributed by atoms with Gasteiger partial charge < -0.3 is 40.5 Å². The van der Waals surface area contributed by atoms with Crippen molar-refractivity contribution in [3.63, 3.8) is 0 Å². The highest BCUT2D eigenvalue weighted by molar-refractivity contribution is 6.34. The van der Waals surface area contributed by atoms with Crippen LogP contribution in [-0.2, 0) is 22.2 Å². The topological polar surface area (TPSA) is 205 Å². The quantitative estimate of drug-likeness (QED) is 0.0769. The third kappa shape index (κ3) is 9.35. The van der Waals surface area contributed by atoms with Crippen molar-refractivity contribution in [2.45, 2.75) is 99.8 Å². The van der Waals surface area contributed by atoms with Gasteiger partial charge in [0.15, 0.2) is 28.8 Å². The molecule has 2 unspecified atom stereocenters. The van der Waals surface area contributed by atoms with Crippen molar-refractivity contribution in [1.82, 2.24) is 30.2 Å². The average Bonchev–Trinajstić information content (AvgIpc) is 3.90. The fourth-order valence-electron chi connectivity index (χ4n) is 12.3. The van der Waals surface area contributed by atoms with Crippen LogP contribution in [0.2, 0.25) is 5.02 Å². The normalized spacial score (nSPS) is 23.9. The number of imide groups is 1. The summed E-state index contributed by atoms with van der Waals surface area (Å²) in [7, 11) is 1.54. The highest BCUT2D eigenvalue weighted by atomic mass is 35.5. The Labute approximate surface area is 435 Å². The van der Waals surface area contributed by atoms with Crippen LogP contribution in [0.5, 0.6) is 11.5 Å². The number of hydrogen-bond donors (Lipinski definition) is 5. The summed E-state index contributed by atoms with van der Waals surface area (Å²) < 4.78 is 78.1. The molecule has 5 amide bonds. The number of benzene rings is 4. The van der Waals surface area contributed by atoms with Gasteiger partial charge in [-0.2, -0.15) is 5.10 Å². The molecule has 3 saturated heterocycles. The van der Waals surface area contributed by atoms with Crippen LogP contribution in [-0.4, -0.2) is 124 Å². The Morgan fingerprint density at radius 3 is 2.29 bits per heavy atom. The summed E-state index contributed by atoms with van der Waals surface area (Å²) >= 11 is 6.70. The predicted molar refractivity (Wildman–Crippen MR) is 270 cm³/mol. The molecule has 2 atom stereocenters. The molecule has 5 aromatic rings. The van der Waals surface area contributed by atoms with E-state index in [0.717, 1.165) is 11.6 Å². The number of aliphatic hydroxyl groups is 2. The molecule has 4 aliphatic heterocycles. The zero-order chi connectivity index (χ0) is 53.1. The minimum atomic E-state index is -1.57. The van der Waals surface area contributed by atoms with E-state index in [-0.39, 0.29) is 113 Å². The number of fused-ring (bicyclic) bond motifs is 2. The lowest BCUT2D eigenvalue weighted by molar-refractivity contribution is -0.157. The van der Waals surface area contributed by atoms with Crippen molar-refractivity contribution < 1.29 is 56.4 Å². The summed E-state index contributed by atoms with van der Waals surface area (Å²) in [6, 6.07) is 13.4. The van der Waals surface area contributed by atoms with E-state index < -0.39 is 69.9 Å². The van der Waals surface area contributed by atoms with E-state index in [1.807, 2.05) is 37.3 Å². The SMILES string of the molecule is CC1c2c(cc(F)c(Cl)c2-c2c(C(N)=O)ccc(OCCO)c2F)OC1(CNC1CCC(O)(C(=O)N2CCC(N3CCC(c4c(F)cc5c(N6CCC(=O)NC6=O)nn(C)c5c4F)CC3)CC2)CC1)c1ccccc1. The largest absolute Gasteiger partial charge is 0.488 e. The smallest absolute Gasteiger partial charge is 0.329 e. The number of piperidine rings is 2. The van der Waals surface area contributed by atoms with Gasteiger partial charge in [0.1, 0.15) is 35.1 Å².